The van der Waals surface area contributed by atoms with Gasteiger partial charge in [-0.05, 0) is 43.4 Å². The van der Waals surface area contributed by atoms with Crippen molar-refractivity contribution in [3.05, 3.63) is 29.6 Å². The molecule has 2 bridgehead atoms. The van der Waals surface area contributed by atoms with E-state index in [4.69, 9.17) is 0 Å². The maximum absolute atomic E-state index is 14.1. The average Bonchev–Trinajstić information content (AvgIpc) is 2.76. The van der Waals surface area contributed by atoms with Gasteiger partial charge in [0.15, 0.2) is 0 Å². The number of amides is 2. The Morgan fingerprint density at radius 1 is 1.09 bits per heavy atom. The Labute approximate surface area is 127 Å². The Hall–Kier alpha value is -2.04. The molecule has 3 aliphatic carbocycles. The van der Waals surface area contributed by atoms with Gasteiger partial charge in [-0.1, -0.05) is 6.07 Å². The van der Waals surface area contributed by atoms with Crippen LogP contribution in [0.15, 0.2) is 18.2 Å². The highest BCUT2D eigenvalue weighted by molar-refractivity contribution is 6.23. The molecule has 5 heteroatoms. The number of carbonyl (C=O) groups is 3. The third-order valence-corrected chi connectivity index (χ3v) is 5.41. The van der Waals surface area contributed by atoms with Crippen molar-refractivity contribution in [1.82, 2.24) is 0 Å². The molecule has 4 aliphatic rings. The number of aryl methyl sites for hydroxylation is 1. The molecular weight excluding hydrogens is 285 g/mol. The molecule has 1 aliphatic heterocycles. The second-order valence-electron chi connectivity index (χ2n) is 6.63. The lowest BCUT2D eigenvalue weighted by Crippen LogP contribution is -2.46. The van der Waals surface area contributed by atoms with Crippen molar-refractivity contribution in [2.45, 2.75) is 26.2 Å². The Balaban J connectivity index is 1.80. The smallest absolute Gasteiger partial charge is 0.238 e. The van der Waals surface area contributed by atoms with Gasteiger partial charge in [0.25, 0.3) is 0 Å². The van der Waals surface area contributed by atoms with Gasteiger partial charge in [-0.25, -0.2) is 9.29 Å². The Morgan fingerprint density at radius 3 is 2.55 bits per heavy atom. The van der Waals surface area contributed by atoms with Crippen molar-refractivity contribution < 1.29 is 18.8 Å². The number of anilines is 1. The van der Waals surface area contributed by atoms with Crippen molar-refractivity contribution in [2.24, 2.45) is 23.7 Å². The van der Waals surface area contributed by atoms with Crippen molar-refractivity contribution in [2.75, 3.05) is 4.90 Å². The number of hydrogen-bond acceptors (Lipinski definition) is 3. The van der Waals surface area contributed by atoms with E-state index in [1.54, 1.807) is 13.0 Å². The van der Waals surface area contributed by atoms with Gasteiger partial charge in [-0.3, -0.25) is 14.4 Å². The number of fused-ring (bicyclic) bond motifs is 2. The Bertz CT molecular complexity index is 714. The minimum Gasteiger partial charge on any atom is -0.299 e. The van der Waals surface area contributed by atoms with E-state index in [-0.39, 0.29) is 29.2 Å². The summed E-state index contributed by atoms with van der Waals surface area (Å²) < 4.78 is 14.1. The third-order valence-electron chi connectivity index (χ3n) is 5.41. The number of Topliss-reactive ketones (excluding diaryl/α,β-unsaturated/α-hetero) is 1. The molecule has 4 unspecified atom stereocenters. The molecule has 5 rings (SSSR count). The predicted octanol–water partition coefficient (Wildman–Crippen LogP) is 2.24. The molecule has 2 amide bonds. The van der Waals surface area contributed by atoms with Gasteiger partial charge in [-0.15, -0.1) is 0 Å². The van der Waals surface area contributed by atoms with Crippen molar-refractivity contribution in [1.29, 1.82) is 0 Å². The molecule has 1 saturated heterocycles. The molecule has 114 valence electrons. The van der Waals surface area contributed by atoms with Crippen LogP contribution in [0, 0.1) is 36.4 Å². The van der Waals surface area contributed by atoms with Crippen LogP contribution in [0.2, 0.25) is 0 Å². The number of rotatable bonds is 1. The normalized spacial score (nSPS) is 33.5. The Kier molecular flexibility index (Phi) is 2.77. The molecule has 0 radical (unpaired) electrons. The molecule has 4 atom stereocenters. The molecule has 1 aromatic rings. The van der Waals surface area contributed by atoms with Gasteiger partial charge in [0, 0.05) is 12.3 Å². The van der Waals surface area contributed by atoms with Crippen LogP contribution in [0.4, 0.5) is 10.1 Å². The third kappa shape index (κ3) is 1.65. The topological polar surface area (TPSA) is 54.5 Å². The highest BCUT2D eigenvalue weighted by atomic mass is 19.1. The van der Waals surface area contributed by atoms with Gasteiger partial charge in [0.05, 0.1) is 17.5 Å². The Morgan fingerprint density at radius 2 is 1.82 bits per heavy atom. The average molecular weight is 301 g/mol. The highest BCUT2D eigenvalue weighted by Gasteiger charge is 2.61. The molecule has 0 aromatic heterocycles. The van der Waals surface area contributed by atoms with Crippen molar-refractivity contribution in [3.63, 3.8) is 0 Å². The first-order valence-corrected chi connectivity index (χ1v) is 7.65. The summed E-state index contributed by atoms with van der Waals surface area (Å²) in [6, 6.07) is 4.39. The minimum absolute atomic E-state index is 0.0243. The molecule has 0 spiro atoms. The van der Waals surface area contributed by atoms with Crippen LogP contribution in [0.1, 0.15) is 24.8 Å². The maximum atomic E-state index is 14.1. The van der Waals surface area contributed by atoms with E-state index in [1.165, 1.54) is 12.1 Å². The first-order valence-electron chi connectivity index (χ1n) is 7.65. The SMILES string of the molecule is Cc1ccc(F)c(N2C(=O)C3C4CCC(C(=O)C4)C3C2=O)c1. The van der Waals surface area contributed by atoms with Crippen LogP contribution in [0.25, 0.3) is 0 Å². The number of imide groups is 1. The number of benzene rings is 1. The minimum atomic E-state index is -0.579. The van der Waals surface area contributed by atoms with Gasteiger partial charge >= 0.3 is 0 Å². The zero-order valence-corrected chi connectivity index (χ0v) is 12.2. The summed E-state index contributed by atoms with van der Waals surface area (Å²) in [7, 11) is 0. The largest absolute Gasteiger partial charge is 0.299 e. The highest BCUT2D eigenvalue weighted by Crippen LogP contribution is 2.52. The molecular formula is C17H16FNO3. The summed E-state index contributed by atoms with van der Waals surface area (Å²) in [6.07, 6.45) is 1.86. The zero-order valence-electron chi connectivity index (χ0n) is 12.2. The molecule has 4 nitrogen and oxygen atoms in total. The van der Waals surface area contributed by atoms with E-state index in [0.717, 1.165) is 16.9 Å². The standard InChI is InChI=1S/C17H16FNO3/c1-8-2-5-11(18)12(6-8)19-16(21)14-9-3-4-10(13(20)7-9)15(14)17(19)22/h2,5-6,9-10,14-15H,3-4,7H2,1H3. The summed E-state index contributed by atoms with van der Waals surface area (Å²) in [4.78, 5) is 38.5. The fraction of sp³-hybridized carbons (Fsp3) is 0.471. The quantitative estimate of drug-likeness (QED) is 0.748. The number of halogens is 1. The second-order valence-corrected chi connectivity index (χ2v) is 6.63. The first kappa shape index (κ1) is 13.6. The fourth-order valence-electron chi connectivity index (χ4n) is 4.42. The molecule has 22 heavy (non-hydrogen) atoms. The lowest BCUT2D eigenvalue weighted by atomic mass is 9.59. The monoisotopic (exact) mass is 301 g/mol. The van der Waals surface area contributed by atoms with Crippen molar-refractivity contribution >= 4 is 23.3 Å². The molecule has 1 heterocycles. The second kappa shape index (κ2) is 4.48. The van der Waals surface area contributed by atoms with Crippen LogP contribution in [0.5, 0.6) is 0 Å². The van der Waals surface area contributed by atoms with Crippen LogP contribution < -0.4 is 4.90 Å². The van der Waals surface area contributed by atoms with Crippen LogP contribution >= 0.6 is 0 Å². The number of ketones is 1. The van der Waals surface area contributed by atoms with Crippen LogP contribution in [-0.2, 0) is 14.4 Å². The number of carbonyl (C=O) groups excluding carboxylic acids is 3. The molecule has 0 N–H and O–H groups in total. The van der Waals surface area contributed by atoms with E-state index in [0.29, 0.717) is 12.8 Å². The van der Waals surface area contributed by atoms with E-state index in [2.05, 4.69) is 0 Å². The van der Waals surface area contributed by atoms with E-state index in [1.807, 2.05) is 0 Å². The lowest BCUT2D eigenvalue weighted by Gasteiger charge is -2.41. The summed E-state index contributed by atoms with van der Waals surface area (Å²) in [6.45, 7) is 1.79. The molecule has 4 fully saturated rings. The molecule has 1 aromatic carbocycles. The van der Waals surface area contributed by atoms with Gasteiger partial charge in [-0.2, -0.15) is 0 Å². The van der Waals surface area contributed by atoms with Crippen LogP contribution in [-0.4, -0.2) is 17.6 Å². The van der Waals surface area contributed by atoms with Crippen LogP contribution in [0.3, 0.4) is 0 Å². The summed E-state index contributed by atoms with van der Waals surface area (Å²) in [5.74, 6) is -2.66. The summed E-state index contributed by atoms with van der Waals surface area (Å²) in [5, 5.41) is 0. The lowest BCUT2D eigenvalue weighted by molar-refractivity contribution is -0.143. The molecule has 3 saturated carbocycles. The predicted molar refractivity (Wildman–Crippen MR) is 76.4 cm³/mol. The fourth-order valence-corrected chi connectivity index (χ4v) is 4.42. The van der Waals surface area contributed by atoms with Crippen molar-refractivity contribution in [3.8, 4) is 0 Å². The van der Waals surface area contributed by atoms with Gasteiger partial charge in [0.2, 0.25) is 11.8 Å². The van der Waals surface area contributed by atoms with E-state index in [9.17, 15) is 18.8 Å². The number of hydrogen-bond donors (Lipinski definition) is 0. The van der Waals surface area contributed by atoms with Gasteiger partial charge < -0.3 is 0 Å². The van der Waals surface area contributed by atoms with E-state index < -0.39 is 23.6 Å². The summed E-state index contributed by atoms with van der Waals surface area (Å²) >= 11 is 0. The van der Waals surface area contributed by atoms with E-state index >= 15 is 0 Å². The maximum Gasteiger partial charge on any atom is 0.238 e. The summed E-state index contributed by atoms with van der Waals surface area (Å²) in [5.41, 5.74) is 0.808. The zero-order chi connectivity index (χ0) is 15.6. The van der Waals surface area contributed by atoms with Gasteiger partial charge in [0.1, 0.15) is 11.6 Å². The first-order chi connectivity index (χ1) is 10.5. The number of nitrogens with zero attached hydrogens (tertiary/aromatic N) is 1.